The molecule has 21 heteroatoms. The monoisotopic (exact) mass is 1120 g/mol. The van der Waals surface area contributed by atoms with Gasteiger partial charge in [0.25, 0.3) is 0 Å². The van der Waals surface area contributed by atoms with Crippen molar-refractivity contribution in [1.29, 1.82) is 0 Å². The van der Waals surface area contributed by atoms with Crippen molar-refractivity contribution in [2.75, 3.05) is 45.8 Å². The minimum atomic E-state index is -0.827. The first-order valence-electron chi connectivity index (χ1n) is 31.1. The van der Waals surface area contributed by atoms with Gasteiger partial charge in [-0.25, -0.2) is 0 Å². The van der Waals surface area contributed by atoms with Gasteiger partial charge in [-0.2, -0.15) is 0 Å². The fraction of sp³-hybridized carbons (Fsp3) is 0.862. The van der Waals surface area contributed by atoms with E-state index in [4.69, 9.17) is 34.4 Å². The number of rotatable bonds is 56. The average Bonchev–Trinajstić information content (AvgIpc) is 3.42. The van der Waals surface area contributed by atoms with E-state index in [2.05, 4.69) is 44.1 Å². The van der Waals surface area contributed by atoms with Crippen molar-refractivity contribution in [2.24, 2.45) is 34.4 Å². The van der Waals surface area contributed by atoms with Gasteiger partial charge in [0.2, 0.25) is 47.3 Å². The molecule has 0 aliphatic rings. The number of nitrogens with two attached hydrogens (primary N) is 6. The lowest BCUT2D eigenvalue weighted by Crippen LogP contribution is -2.53. The van der Waals surface area contributed by atoms with E-state index in [1.807, 2.05) is 0 Å². The van der Waals surface area contributed by atoms with Gasteiger partial charge in [0, 0.05) is 32.4 Å². The molecule has 5 atom stereocenters. The second-order valence-corrected chi connectivity index (χ2v) is 21.5. The van der Waals surface area contributed by atoms with E-state index in [1.165, 1.54) is 38.5 Å². The van der Waals surface area contributed by atoms with Crippen molar-refractivity contribution in [3.63, 3.8) is 0 Å². The van der Waals surface area contributed by atoms with E-state index in [9.17, 15) is 38.4 Å². The fourth-order valence-electron chi connectivity index (χ4n) is 9.32. The van der Waals surface area contributed by atoms with E-state index in [1.54, 1.807) is 0 Å². The maximum atomic E-state index is 13.7. The van der Waals surface area contributed by atoms with Gasteiger partial charge in [0.15, 0.2) is 0 Å². The van der Waals surface area contributed by atoms with E-state index < -0.39 is 42.0 Å². The van der Waals surface area contributed by atoms with Crippen molar-refractivity contribution < 1.29 is 38.4 Å². The summed E-state index contributed by atoms with van der Waals surface area (Å²) in [5.41, 5.74) is 33.9. The molecule has 21 nitrogen and oxygen atoms in total. The molecule has 0 aromatic rings. The van der Waals surface area contributed by atoms with Gasteiger partial charge >= 0.3 is 0 Å². The first kappa shape index (κ1) is 74.6. The van der Waals surface area contributed by atoms with Crippen LogP contribution in [0.1, 0.15) is 244 Å². The quantitative estimate of drug-likeness (QED) is 0.0377. The number of carbonyl (C=O) groups is 8. The second-order valence-electron chi connectivity index (χ2n) is 21.5. The van der Waals surface area contributed by atoms with Crippen LogP contribution in [-0.2, 0) is 38.4 Å². The molecule has 460 valence electrons. The van der Waals surface area contributed by atoms with Crippen molar-refractivity contribution in [3.05, 3.63) is 0 Å². The van der Waals surface area contributed by atoms with E-state index in [0.717, 1.165) is 77.0 Å². The molecule has 0 rings (SSSR count). The Morgan fingerprint density at radius 3 is 0.835 bits per heavy atom. The molecule has 0 fully saturated rings. The molecule has 0 spiro atoms. The molecule has 0 saturated carbocycles. The number of hydrogen-bond acceptors (Lipinski definition) is 13. The molecule has 0 aromatic heterocycles. The van der Waals surface area contributed by atoms with Gasteiger partial charge in [0.05, 0.1) is 0 Å². The van der Waals surface area contributed by atoms with Crippen LogP contribution in [0.4, 0.5) is 0 Å². The Morgan fingerprint density at radius 2 is 0.544 bits per heavy atom. The SMILES string of the molecule is CCCCCCCCCCCC(=O)NC(CCCCN)C(=O)NC(CCCCN)C(=O)NCCCCCCCC(=O)NC(CCCCN)C(=O)NC(CCCCN)C(=O)NCCCCCCCC(=O)NC(CCCCN)C(N)=O. The molecule has 0 aromatic carbocycles. The van der Waals surface area contributed by atoms with Crippen LogP contribution >= 0.6 is 0 Å². The molecule has 0 bridgehead atoms. The zero-order chi connectivity index (χ0) is 58.6. The Balaban J connectivity index is 5.03. The maximum Gasteiger partial charge on any atom is 0.243 e. The molecule has 0 aliphatic carbocycles. The number of primary amides is 1. The van der Waals surface area contributed by atoms with Crippen LogP contribution in [-0.4, -0.2) is 123 Å². The summed E-state index contributed by atoms with van der Waals surface area (Å²) in [6.07, 6.45) is 27.8. The van der Waals surface area contributed by atoms with Gasteiger partial charge in [-0.1, -0.05) is 96.8 Å². The van der Waals surface area contributed by atoms with E-state index >= 15 is 0 Å². The number of nitrogens with one attached hydrogen (secondary N) is 7. The summed E-state index contributed by atoms with van der Waals surface area (Å²) in [7, 11) is 0. The highest BCUT2D eigenvalue weighted by atomic mass is 16.2. The number of hydrogen-bond donors (Lipinski definition) is 13. The largest absolute Gasteiger partial charge is 0.368 e. The lowest BCUT2D eigenvalue weighted by atomic mass is 10.0. The second kappa shape index (κ2) is 52.9. The van der Waals surface area contributed by atoms with Crippen LogP contribution in [0, 0.1) is 0 Å². The van der Waals surface area contributed by atoms with Gasteiger partial charge < -0.3 is 71.6 Å². The van der Waals surface area contributed by atoms with Crippen molar-refractivity contribution in [3.8, 4) is 0 Å². The molecular formula is C58H115N13O8. The Morgan fingerprint density at radius 1 is 0.291 bits per heavy atom. The molecule has 0 radical (unpaired) electrons. The summed E-state index contributed by atoms with van der Waals surface area (Å²) in [6.45, 7) is 5.43. The normalized spacial score (nSPS) is 13.1. The van der Waals surface area contributed by atoms with E-state index in [-0.39, 0.29) is 41.9 Å². The minimum Gasteiger partial charge on any atom is -0.368 e. The molecule has 0 aliphatic heterocycles. The Bertz CT molecular complexity index is 1610. The van der Waals surface area contributed by atoms with Crippen LogP contribution in [0.25, 0.3) is 0 Å². The van der Waals surface area contributed by atoms with Crippen molar-refractivity contribution >= 4 is 47.3 Å². The smallest absolute Gasteiger partial charge is 0.243 e. The molecule has 19 N–H and O–H groups in total. The Labute approximate surface area is 476 Å². The topological polar surface area (TPSA) is 377 Å². The Hall–Kier alpha value is -4.44. The standard InChI is InChI=1S/C58H115N13O8/c1-2-3-4-5-6-7-8-11-16-37-52(73)68-49(34-22-27-42-62)57(78)70-47(32-20-25-40-60)56(77)66-45-30-15-10-13-18-38-53(74)69-50(35-23-28-43-63)58(79)71-48(33-21-26-41-61)55(76)65-44-29-14-9-12-17-36-51(72)67-46(54(64)75)31-19-24-39-59/h46-50H,2-45,59-63H2,1H3,(H2,64,75)(H,65,76)(H,66,77)(H,67,72)(H,68,73)(H,69,74)(H,70,78)(H,71,79). The van der Waals surface area contributed by atoms with Gasteiger partial charge in [-0.3, -0.25) is 38.4 Å². The van der Waals surface area contributed by atoms with Crippen LogP contribution in [0.3, 0.4) is 0 Å². The van der Waals surface area contributed by atoms with Gasteiger partial charge in [-0.05, 0) is 161 Å². The molecule has 0 heterocycles. The summed E-state index contributed by atoms with van der Waals surface area (Å²) in [5, 5.41) is 20.3. The van der Waals surface area contributed by atoms with Gasteiger partial charge in [0.1, 0.15) is 30.2 Å². The predicted octanol–water partition coefficient (Wildman–Crippen LogP) is 4.38. The lowest BCUT2D eigenvalue weighted by Gasteiger charge is -2.23. The average molecular weight is 1120 g/mol. The molecule has 5 unspecified atom stereocenters. The third-order valence-corrected chi connectivity index (χ3v) is 14.2. The van der Waals surface area contributed by atoms with Crippen molar-refractivity contribution in [2.45, 2.75) is 275 Å². The van der Waals surface area contributed by atoms with Crippen molar-refractivity contribution in [1.82, 2.24) is 37.2 Å². The summed E-state index contributed by atoms with van der Waals surface area (Å²) >= 11 is 0. The maximum absolute atomic E-state index is 13.7. The lowest BCUT2D eigenvalue weighted by molar-refractivity contribution is -0.132. The Kier molecular flexibility index (Phi) is 49.9. The zero-order valence-corrected chi connectivity index (χ0v) is 49.2. The summed E-state index contributed by atoms with van der Waals surface area (Å²) in [4.78, 5) is 104. The van der Waals surface area contributed by atoms with Gasteiger partial charge in [-0.15, -0.1) is 0 Å². The molecule has 8 amide bonds. The van der Waals surface area contributed by atoms with Crippen LogP contribution < -0.4 is 71.6 Å². The third-order valence-electron chi connectivity index (χ3n) is 14.2. The van der Waals surface area contributed by atoms with E-state index in [0.29, 0.717) is 161 Å². The summed E-state index contributed by atoms with van der Waals surface area (Å²) in [6, 6.07) is -3.83. The summed E-state index contributed by atoms with van der Waals surface area (Å²) < 4.78 is 0. The first-order chi connectivity index (χ1) is 38.3. The highest BCUT2D eigenvalue weighted by molar-refractivity contribution is 5.93. The third kappa shape index (κ3) is 43.0. The minimum absolute atomic E-state index is 0.156. The summed E-state index contributed by atoms with van der Waals surface area (Å²) in [5.74, 6) is -2.52. The van der Waals surface area contributed by atoms with Crippen LogP contribution in [0.5, 0.6) is 0 Å². The molecule has 0 saturated heterocycles. The van der Waals surface area contributed by atoms with Crippen LogP contribution in [0.2, 0.25) is 0 Å². The highest BCUT2D eigenvalue weighted by Gasteiger charge is 2.28. The highest BCUT2D eigenvalue weighted by Crippen LogP contribution is 2.14. The number of amides is 8. The zero-order valence-electron chi connectivity index (χ0n) is 49.2. The molecule has 79 heavy (non-hydrogen) atoms. The fourth-order valence-corrected chi connectivity index (χ4v) is 9.32. The van der Waals surface area contributed by atoms with Crippen LogP contribution in [0.15, 0.2) is 0 Å². The number of unbranched alkanes of at least 4 members (excludes halogenated alkanes) is 21. The first-order valence-corrected chi connectivity index (χ1v) is 31.1. The number of carbonyl (C=O) groups excluding carboxylic acids is 8. The molecular weight excluding hydrogens is 1010 g/mol. The predicted molar refractivity (Wildman–Crippen MR) is 317 cm³/mol.